The summed E-state index contributed by atoms with van der Waals surface area (Å²) in [5.41, 5.74) is 3.97. The number of carbonyl (C=O) groups excluding carboxylic acids is 2. The van der Waals surface area contributed by atoms with Crippen molar-refractivity contribution in [2.75, 3.05) is 24.3 Å². The van der Waals surface area contributed by atoms with Gasteiger partial charge in [-0.3, -0.25) is 9.59 Å². The molecular formula is C25H33N3O2. The van der Waals surface area contributed by atoms with Gasteiger partial charge < -0.3 is 15.1 Å². The van der Waals surface area contributed by atoms with Crippen molar-refractivity contribution in [1.29, 1.82) is 0 Å². The number of nitrogens with zero attached hydrogens (tertiary/aromatic N) is 2. The van der Waals surface area contributed by atoms with Crippen molar-refractivity contribution in [3.8, 4) is 0 Å². The first kappa shape index (κ1) is 21.9. The lowest BCUT2D eigenvalue weighted by molar-refractivity contribution is -0.135. The van der Waals surface area contributed by atoms with Crippen LogP contribution in [0.3, 0.4) is 0 Å². The van der Waals surface area contributed by atoms with Gasteiger partial charge in [-0.2, -0.15) is 0 Å². The Morgan fingerprint density at radius 2 is 1.70 bits per heavy atom. The van der Waals surface area contributed by atoms with Crippen molar-refractivity contribution >= 4 is 23.2 Å². The first-order valence-electron chi connectivity index (χ1n) is 10.7. The molecule has 3 rings (SSSR count). The highest BCUT2D eigenvalue weighted by molar-refractivity contribution is 5.92. The van der Waals surface area contributed by atoms with Crippen molar-refractivity contribution in [1.82, 2.24) is 4.90 Å². The highest BCUT2D eigenvalue weighted by Gasteiger charge is 2.36. The number of hydrogen-bond acceptors (Lipinski definition) is 3. The second kappa shape index (κ2) is 9.33. The average Bonchev–Trinajstić information content (AvgIpc) is 3.57. The fraction of sp³-hybridized carbons (Fsp3) is 0.440. The van der Waals surface area contributed by atoms with Crippen molar-refractivity contribution in [3.05, 3.63) is 59.7 Å². The van der Waals surface area contributed by atoms with E-state index in [1.807, 2.05) is 69.2 Å². The summed E-state index contributed by atoms with van der Waals surface area (Å²) in [7, 11) is 4.00. The smallest absolute Gasteiger partial charge is 0.226 e. The van der Waals surface area contributed by atoms with Crippen LogP contribution >= 0.6 is 0 Å². The van der Waals surface area contributed by atoms with Gasteiger partial charge >= 0.3 is 0 Å². The molecule has 160 valence electrons. The van der Waals surface area contributed by atoms with Crippen LogP contribution in [-0.2, 0) is 16.1 Å². The molecule has 0 heterocycles. The number of anilines is 2. The van der Waals surface area contributed by atoms with Gasteiger partial charge in [-0.1, -0.05) is 44.2 Å². The van der Waals surface area contributed by atoms with E-state index in [-0.39, 0.29) is 29.7 Å². The van der Waals surface area contributed by atoms with Crippen LogP contribution < -0.4 is 10.2 Å². The zero-order valence-electron chi connectivity index (χ0n) is 18.7. The third-order valence-electron chi connectivity index (χ3n) is 5.65. The van der Waals surface area contributed by atoms with Crippen molar-refractivity contribution in [3.63, 3.8) is 0 Å². The van der Waals surface area contributed by atoms with Gasteiger partial charge in [0.2, 0.25) is 11.8 Å². The molecule has 1 N–H and O–H groups in total. The lowest BCUT2D eigenvalue weighted by Crippen LogP contribution is -2.34. The fourth-order valence-electron chi connectivity index (χ4n) is 3.58. The van der Waals surface area contributed by atoms with E-state index < -0.39 is 0 Å². The van der Waals surface area contributed by atoms with Gasteiger partial charge in [-0.25, -0.2) is 0 Å². The summed E-state index contributed by atoms with van der Waals surface area (Å²) in [5.74, 6) is 0.255. The summed E-state index contributed by atoms with van der Waals surface area (Å²) in [6.45, 7) is 6.35. The van der Waals surface area contributed by atoms with Crippen LogP contribution in [0.4, 0.5) is 11.4 Å². The molecule has 1 atom stereocenters. The minimum absolute atomic E-state index is 0.0119. The van der Waals surface area contributed by atoms with Gasteiger partial charge in [0.05, 0.1) is 6.04 Å². The van der Waals surface area contributed by atoms with Crippen LogP contribution in [-0.4, -0.2) is 30.8 Å². The van der Waals surface area contributed by atoms with Crippen LogP contribution in [0.1, 0.15) is 50.8 Å². The first-order chi connectivity index (χ1) is 14.3. The maximum absolute atomic E-state index is 13.2. The Balaban J connectivity index is 1.93. The second-order valence-corrected chi connectivity index (χ2v) is 8.71. The monoisotopic (exact) mass is 407 g/mol. The molecule has 0 saturated heterocycles. The molecule has 2 amide bonds. The molecule has 1 aliphatic rings. The summed E-state index contributed by atoms with van der Waals surface area (Å²) in [4.78, 5) is 29.4. The molecule has 0 aromatic heterocycles. The van der Waals surface area contributed by atoms with Gasteiger partial charge in [0.15, 0.2) is 0 Å². The van der Waals surface area contributed by atoms with E-state index in [9.17, 15) is 9.59 Å². The van der Waals surface area contributed by atoms with Crippen molar-refractivity contribution in [2.24, 2.45) is 11.8 Å². The fourth-order valence-corrected chi connectivity index (χ4v) is 3.58. The number of hydrogen-bond donors (Lipinski definition) is 1. The van der Waals surface area contributed by atoms with Crippen LogP contribution in [0.5, 0.6) is 0 Å². The first-order valence-corrected chi connectivity index (χ1v) is 10.7. The van der Waals surface area contributed by atoms with Gasteiger partial charge in [-0.15, -0.1) is 0 Å². The van der Waals surface area contributed by atoms with Crippen molar-refractivity contribution in [2.45, 2.75) is 46.2 Å². The predicted octanol–water partition coefficient (Wildman–Crippen LogP) is 4.85. The molecule has 0 unspecified atom stereocenters. The Morgan fingerprint density at radius 3 is 2.27 bits per heavy atom. The van der Waals surface area contributed by atoms with Gasteiger partial charge in [0.1, 0.15) is 0 Å². The highest BCUT2D eigenvalue weighted by Crippen LogP contribution is 2.36. The van der Waals surface area contributed by atoms with E-state index in [0.717, 1.165) is 35.3 Å². The summed E-state index contributed by atoms with van der Waals surface area (Å²) in [5, 5.41) is 2.99. The number of benzene rings is 2. The predicted molar refractivity (Wildman–Crippen MR) is 122 cm³/mol. The van der Waals surface area contributed by atoms with E-state index in [2.05, 4.69) is 29.3 Å². The molecule has 2 aromatic carbocycles. The maximum atomic E-state index is 13.2. The Bertz CT molecular complexity index is 889. The Kier molecular flexibility index (Phi) is 6.80. The molecule has 5 nitrogen and oxygen atoms in total. The van der Waals surface area contributed by atoms with E-state index >= 15 is 0 Å². The summed E-state index contributed by atoms with van der Waals surface area (Å²) in [6, 6.07) is 16.1. The number of amides is 2. The SMILES string of the molecule is CC(C)C(=O)Nc1ccc(N(C)C)c(CN(C(=O)C2CC2)[C@@H](C)c2ccccc2)c1. The topological polar surface area (TPSA) is 52.7 Å². The molecule has 0 radical (unpaired) electrons. The minimum atomic E-state index is -0.0898. The van der Waals surface area contributed by atoms with Gasteiger partial charge in [0, 0.05) is 43.9 Å². The lowest BCUT2D eigenvalue weighted by Gasteiger charge is -2.32. The molecule has 0 bridgehead atoms. The standard InChI is InChI=1S/C25H33N3O2/c1-17(2)24(29)26-22-13-14-23(27(4)5)21(15-22)16-28(25(30)20-11-12-20)18(3)19-9-7-6-8-10-19/h6-10,13-15,17-18,20H,11-12,16H2,1-5H3,(H,26,29)/t18-/m0/s1. The molecule has 1 fully saturated rings. The normalized spacial score (nSPS) is 14.3. The largest absolute Gasteiger partial charge is 0.377 e. The average molecular weight is 408 g/mol. The number of carbonyl (C=O) groups is 2. The molecule has 30 heavy (non-hydrogen) atoms. The molecule has 2 aromatic rings. The molecular weight excluding hydrogens is 374 g/mol. The maximum Gasteiger partial charge on any atom is 0.226 e. The van der Waals surface area contributed by atoms with Crippen molar-refractivity contribution < 1.29 is 9.59 Å². The van der Waals surface area contributed by atoms with E-state index in [1.54, 1.807) is 0 Å². The zero-order chi connectivity index (χ0) is 21.8. The molecule has 1 aliphatic carbocycles. The zero-order valence-corrected chi connectivity index (χ0v) is 18.7. The Morgan fingerprint density at radius 1 is 1.03 bits per heavy atom. The third-order valence-corrected chi connectivity index (χ3v) is 5.65. The van der Waals surface area contributed by atoms with E-state index in [0.29, 0.717) is 6.54 Å². The highest BCUT2D eigenvalue weighted by atomic mass is 16.2. The molecule has 0 aliphatic heterocycles. The third kappa shape index (κ3) is 5.21. The van der Waals surface area contributed by atoms with Crippen LogP contribution in [0.2, 0.25) is 0 Å². The quantitative estimate of drug-likeness (QED) is 0.681. The molecule has 0 spiro atoms. The molecule has 1 saturated carbocycles. The van der Waals surface area contributed by atoms with Crippen LogP contribution in [0.15, 0.2) is 48.5 Å². The van der Waals surface area contributed by atoms with Gasteiger partial charge in [-0.05, 0) is 49.1 Å². The summed E-state index contributed by atoms with van der Waals surface area (Å²) >= 11 is 0. The lowest BCUT2D eigenvalue weighted by atomic mass is 10.0. The van der Waals surface area contributed by atoms with E-state index in [1.165, 1.54) is 0 Å². The molecule has 5 heteroatoms. The summed E-state index contributed by atoms with van der Waals surface area (Å²) in [6.07, 6.45) is 1.95. The van der Waals surface area contributed by atoms with E-state index in [4.69, 9.17) is 0 Å². The Labute approximate surface area is 180 Å². The number of rotatable bonds is 8. The second-order valence-electron chi connectivity index (χ2n) is 8.71. The van der Waals surface area contributed by atoms with Gasteiger partial charge in [0.25, 0.3) is 0 Å². The van der Waals surface area contributed by atoms with Crippen LogP contribution in [0.25, 0.3) is 0 Å². The summed E-state index contributed by atoms with van der Waals surface area (Å²) < 4.78 is 0. The Hall–Kier alpha value is -2.82. The minimum Gasteiger partial charge on any atom is -0.377 e. The number of nitrogens with one attached hydrogen (secondary N) is 1. The van der Waals surface area contributed by atoms with Crippen LogP contribution in [0, 0.1) is 11.8 Å².